The topological polar surface area (TPSA) is 0 Å². The monoisotopic (exact) mass is 302 g/mol. The average molecular weight is 304 g/mol. The number of hydrogen-bond acceptors (Lipinski definition) is 1. The summed E-state index contributed by atoms with van der Waals surface area (Å²) in [6.45, 7) is 8.16. The predicted octanol–water partition coefficient (Wildman–Crippen LogP) is 5.73. The molecule has 3 heteroatoms. The van der Waals surface area contributed by atoms with Gasteiger partial charge in [-0.25, -0.2) is 0 Å². The minimum atomic E-state index is 0.721. The number of hydrogen-bond donors (Lipinski definition) is 0. The molecule has 15 heavy (non-hydrogen) atoms. The van der Waals surface area contributed by atoms with E-state index in [0.717, 1.165) is 20.0 Å². The Morgan fingerprint density at radius 1 is 1.47 bits per heavy atom. The fourth-order valence-corrected chi connectivity index (χ4v) is 2.06. The maximum Gasteiger partial charge on any atom is 0.0548 e. The molecule has 80 valence electrons. The van der Waals surface area contributed by atoms with E-state index in [1.165, 1.54) is 5.57 Å². The molecule has 0 spiro atoms. The molecule has 0 aliphatic heterocycles. The number of thioether (sulfide) groups is 1. The van der Waals surface area contributed by atoms with E-state index in [-0.39, 0.29) is 0 Å². The number of halogens is 2. The second-order valence-corrected chi connectivity index (χ2v) is 5.59. The van der Waals surface area contributed by atoms with Crippen molar-refractivity contribution in [2.45, 2.75) is 13.8 Å². The first-order valence-corrected chi connectivity index (χ1v) is 6.50. The Balaban J connectivity index is 2.83. The van der Waals surface area contributed by atoms with Gasteiger partial charge in [0, 0.05) is 9.38 Å². The Morgan fingerprint density at radius 2 is 2.13 bits per heavy atom. The van der Waals surface area contributed by atoms with Crippen LogP contribution in [0.15, 0.2) is 40.2 Å². The van der Waals surface area contributed by atoms with Gasteiger partial charge in [0.05, 0.1) is 5.02 Å². The molecule has 0 bridgehead atoms. The van der Waals surface area contributed by atoms with Gasteiger partial charge in [0.15, 0.2) is 0 Å². The molecule has 0 aliphatic rings. The third kappa shape index (κ3) is 4.06. The zero-order valence-corrected chi connectivity index (χ0v) is 11.8. The molecule has 0 saturated heterocycles. The van der Waals surface area contributed by atoms with E-state index in [4.69, 9.17) is 11.6 Å². The van der Waals surface area contributed by atoms with Gasteiger partial charge in [0.25, 0.3) is 0 Å². The molecular weight excluding hydrogens is 292 g/mol. The quantitative estimate of drug-likeness (QED) is 0.687. The lowest BCUT2D eigenvalue weighted by atomic mass is 10.2. The highest BCUT2D eigenvalue weighted by molar-refractivity contribution is 9.10. The summed E-state index contributed by atoms with van der Waals surface area (Å²) in [6, 6.07) is 5.83. The maximum absolute atomic E-state index is 5.92. The molecular formula is C12H12BrClS. The minimum absolute atomic E-state index is 0.721. The molecule has 1 rings (SSSR count). The van der Waals surface area contributed by atoms with Crippen LogP contribution in [0.1, 0.15) is 19.4 Å². The highest BCUT2D eigenvalue weighted by Crippen LogP contribution is 2.31. The maximum atomic E-state index is 5.92. The standard InChI is InChI=1S/C12H12BrClS/c1-8(2)7-15-9(3)10-4-5-12(14)11(13)6-10/h4-7H,3H2,1-2H3. The SMILES string of the molecule is C=C(SC=C(C)C)c1ccc(Cl)c(Br)c1. The summed E-state index contributed by atoms with van der Waals surface area (Å²) in [5, 5.41) is 2.81. The Bertz CT molecular complexity index is 406. The van der Waals surface area contributed by atoms with Crippen LogP contribution in [0, 0.1) is 0 Å². The normalized spacial score (nSPS) is 9.87. The Kier molecular flexibility index (Phi) is 4.97. The zero-order valence-electron chi connectivity index (χ0n) is 8.68. The van der Waals surface area contributed by atoms with E-state index in [1.54, 1.807) is 11.8 Å². The van der Waals surface area contributed by atoms with Crippen LogP contribution in [0.25, 0.3) is 4.91 Å². The van der Waals surface area contributed by atoms with Crippen molar-refractivity contribution in [1.82, 2.24) is 0 Å². The molecule has 0 fully saturated rings. The number of rotatable bonds is 3. The zero-order chi connectivity index (χ0) is 11.4. The molecule has 0 amide bonds. The van der Waals surface area contributed by atoms with E-state index in [9.17, 15) is 0 Å². The van der Waals surface area contributed by atoms with Gasteiger partial charge in [-0.1, -0.05) is 41.6 Å². The van der Waals surface area contributed by atoms with Crippen molar-refractivity contribution in [2.24, 2.45) is 0 Å². The van der Waals surface area contributed by atoms with Gasteiger partial charge >= 0.3 is 0 Å². The van der Waals surface area contributed by atoms with Crippen LogP contribution >= 0.6 is 39.3 Å². The van der Waals surface area contributed by atoms with Crippen molar-refractivity contribution in [3.8, 4) is 0 Å². The molecule has 0 aliphatic carbocycles. The largest absolute Gasteiger partial charge is 0.0981 e. The van der Waals surface area contributed by atoms with Crippen LogP contribution in [0.2, 0.25) is 5.02 Å². The summed E-state index contributed by atoms with van der Waals surface area (Å²) >= 11 is 10.9. The summed E-state index contributed by atoms with van der Waals surface area (Å²) in [5.74, 6) is 0. The molecule has 0 aromatic heterocycles. The third-order valence-electron chi connectivity index (χ3n) is 1.68. The van der Waals surface area contributed by atoms with Crippen LogP contribution in [-0.4, -0.2) is 0 Å². The summed E-state index contributed by atoms with van der Waals surface area (Å²) in [7, 11) is 0. The molecule has 0 N–H and O–H groups in total. The van der Waals surface area contributed by atoms with Crippen LogP contribution in [0.5, 0.6) is 0 Å². The fourth-order valence-electron chi connectivity index (χ4n) is 0.927. The van der Waals surface area contributed by atoms with Crippen LogP contribution in [-0.2, 0) is 0 Å². The summed E-state index contributed by atoms with van der Waals surface area (Å²) in [4.78, 5) is 1.02. The average Bonchev–Trinajstić information content (AvgIpc) is 2.18. The van der Waals surface area contributed by atoms with Gasteiger partial charge in [0.1, 0.15) is 0 Å². The lowest BCUT2D eigenvalue weighted by Crippen LogP contribution is -1.78. The van der Waals surface area contributed by atoms with E-state index in [2.05, 4.69) is 41.8 Å². The number of allylic oxidation sites excluding steroid dienone is 1. The molecule has 0 atom stereocenters. The van der Waals surface area contributed by atoms with E-state index < -0.39 is 0 Å². The Labute approximate surface area is 109 Å². The van der Waals surface area contributed by atoms with E-state index in [0.29, 0.717) is 0 Å². The molecule has 1 aromatic carbocycles. The van der Waals surface area contributed by atoms with E-state index in [1.807, 2.05) is 18.2 Å². The fraction of sp³-hybridized carbons (Fsp3) is 0.167. The first-order chi connectivity index (χ1) is 7.00. The lowest BCUT2D eigenvalue weighted by molar-refractivity contribution is 1.42. The third-order valence-corrected chi connectivity index (χ3v) is 4.00. The highest BCUT2D eigenvalue weighted by Gasteiger charge is 2.02. The van der Waals surface area contributed by atoms with Gasteiger partial charge in [-0.15, -0.1) is 0 Å². The van der Waals surface area contributed by atoms with Gasteiger partial charge < -0.3 is 0 Å². The first kappa shape index (κ1) is 12.9. The van der Waals surface area contributed by atoms with Crippen molar-refractivity contribution >= 4 is 44.2 Å². The first-order valence-electron chi connectivity index (χ1n) is 4.45. The molecule has 0 nitrogen and oxygen atoms in total. The second-order valence-electron chi connectivity index (χ2n) is 3.37. The van der Waals surface area contributed by atoms with E-state index >= 15 is 0 Å². The number of benzene rings is 1. The molecule has 0 unspecified atom stereocenters. The molecule has 0 heterocycles. The summed E-state index contributed by atoms with van der Waals surface area (Å²) in [5.41, 5.74) is 2.36. The molecule has 0 saturated carbocycles. The lowest BCUT2D eigenvalue weighted by Gasteiger charge is -2.04. The molecule has 0 radical (unpaired) electrons. The van der Waals surface area contributed by atoms with Crippen LogP contribution in [0.4, 0.5) is 0 Å². The van der Waals surface area contributed by atoms with Crippen LogP contribution in [0.3, 0.4) is 0 Å². The smallest absolute Gasteiger partial charge is 0.0548 e. The van der Waals surface area contributed by atoms with Crippen molar-refractivity contribution in [1.29, 1.82) is 0 Å². The van der Waals surface area contributed by atoms with Gasteiger partial charge in [0.2, 0.25) is 0 Å². The van der Waals surface area contributed by atoms with Gasteiger partial charge in [-0.05, 0) is 52.9 Å². The van der Waals surface area contributed by atoms with Crippen molar-refractivity contribution in [2.75, 3.05) is 0 Å². The predicted molar refractivity (Wildman–Crippen MR) is 75.2 cm³/mol. The molecule has 1 aromatic rings. The van der Waals surface area contributed by atoms with Crippen LogP contribution < -0.4 is 0 Å². The minimum Gasteiger partial charge on any atom is -0.0981 e. The summed E-state index contributed by atoms with van der Waals surface area (Å²) < 4.78 is 0.903. The summed E-state index contributed by atoms with van der Waals surface area (Å²) in [6.07, 6.45) is 0. The van der Waals surface area contributed by atoms with Gasteiger partial charge in [-0.3, -0.25) is 0 Å². The second kappa shape index (κ2) is 5.78. The van der Waals surface area contributed by atoms with Crippen molar-refractivity contribution in [3.05, 3.63) is 50.8 Å². The van der Waals surface area contributed by atoms with Gasteiger partial charge in [-0.2, -0.15) is 0 Å². The van der Waals surface area contributed by atoms with Crippen molar-refractivity contribution in [3.63, 3.8) is 0 Å². The Hall–Kier alpha value is -0.180. The van der Waals surface area contributed by atoms with Crippen molar-refractivity contribution < 1.29 is 0 Å². The Morgan fingerprint density at radius 3 is 2.67 bits per heavy atom. The highest BCUT2D eigenvalue weighted by atomic mass is 79.9.